The predicted molar refractivity (Wildman–Crippen MR) is 204 cm³/mol. The zero-order valence-corrected chi connectivity index (χ0v) is 31.8. The summed E-state index contributed by atoms with van der Waals surface area (Å²) in [5, 5.41) is 0. The van der Waals surface area contributed by atoms with Gasteiger partial charge in [0.1, 0.15) is 5.75 Å². The number of hydrogen-bond acceptors (Lipinski definition) is 3. The van der Waals surface area contributed by atoms with Crippen LogP contribution in [0.5, 0.6) is 5.75 Å². The Morgan fingerprint density at radius 3 is 1.98 bits per heavy atom. The first kappa shape index (κ1) is 39.8. The number of hydrogen-bond donors (Lipinski definition) is 0. The molecule has 2 aromatic rings. The number of ether oxygens (including phenoxy) is 1. The molecule has 1 aliphatic heterocycles. The Morgan fingerprint density at radius 1 is 0.870 bits per heavy atom. The van der Waals surface area contributed by atoms with Gasteiger partial charge in [0.05, 0.1) is 13.2 Å². The number of dihydropyridines is 1. The van der Waals surface area contributed by atoms with Gasteiger partial charge in [0, 0.05) is 30.8 Å². The van der Waals surface area contributed by atoms with Gasteiger partial charge in [-0.2, -0.15) is 0 Å². The molecular formula is C41H63BrN2O2. The number of benzene rings is 2. The molecule has 46 heavy (non-hydrogen) atoms. The first-order chi connectivity index (χ1) is 21.5. The van der Waals surface area contributed by atoms with E-state index in [1.807, 2.05) is 11.1 Å². The highest BCUT2D eigenvalue weighted by molar-refractivity contribution is 8.93. The fraction of sp³-hybridized carbons (Fsp3) is 0.610. The minimum atomic E-state index is -0.0589. The van der Waals surface area contributed by atoms with Crippen molar-refractivity contribution in [3.05, 3.63) is 70.8 Å². The highest BCUT2D eigenvalue weighted by atomic mass is 79.9. The fourth-order valence-electron chi connectivity index (χ4n) is 6.48. The number of carbonyl (C=O) groups is 1. The van der Waals surface area contributed by atoms with E-state index in [9.17, 15) is 4.79 Å². The van der Waals surface area contributed by atoms with Crippen molar-refractivity contribution in [1.82, 2.24) is 0 Å². The summed E-state index contributed by atoms with van der Waals surface area (Å²) in [6.07, 6.45) is 21.3. The van der Waals surface area contributed by atoms with Crippen molar-refractivity contribution < 1.29 is 9.53 Å². The molecule has 0 saturated heterocycles. The minimum absolute atomic E-state index is 0. The minimum Gasteiger partial charge on any atom is -0.493 e. The van der Waals surface area contributed by atoms with Crippen LogP contribution in [0.15, 0.2) is 59.1 Å². The van der Waals surface area contributed by atoms with Crippen LogP contribution in [-0.4, -0.2) is 25.3 Å². The van der Waals surface area contributed by atoms with E-state index in [2.05, 4.69) is 95.1 Å². The number of amides is 1. The quantitative estimate of drug-likeness (QED) is 0.137. The molecule has 2 aromatic carbocycles. The number of allylic oxidation sites excluding steroid dienone is 1. The van der Waals surface area contributed by atoms with Crippen LogP contribution < -0.4 is 9.64 Å². The molecule has 4 nitrogen and oxygen atoms in total. The van der Waals surface area contributed by atoms with Crippen molar-refractivity contribution >= 4 is 34.8 Å². The lowest BCUT2D eigenvalue weighted by atomic mass is 9.81. The van der Waals surface area contributed by atoms with Gasteiger partial charge in [0.2, 0.25) is 5.91 Å². The number of nitrogens with zero attached hydrogens (tertiary/aromatic N) is 2. The Balaban J connectivity index is 0.00000736. The molecule has 3 rings (SSSR count). The van der Waals surface area contributed by atoms with Crippen molar-refractivity contribution in [2.24, 2.45) is 10.4 Å². The van der Waals surface area contributed by atoms with Gasteiger partial charge in [0.15, 0.2) is 0 Å². The molecule has 0 fully saturated rings. The fourth-order valence-corrected chi connectivity index (χ4v) is 6.48. The van der Waals surface area contributed by atoms with Gasteiger partial charge < -0.3 is 9.64 Å². The van der Waals surface area contributed by atoms with E-state index in [0.29, 0.717) is 6.54 Å². The van der Waals surface area contributed by atoms with Gasteiger partial charge in [0.25, 0.3) is 0 Å². The van der Waals surface area contributed by atoms with E-state index in [-0.39, 0.29) is 33.7 Å². The zero-order chi connectivity index (χ0) is 32.7. The molecule has 0 saturated carbocycles. The zero-order valence-electron chi connectivity index (χ0n) is 30.1. The Labute approximate surface area is 292 Å². The largest absolute Gasteiger partial charge is 0.493 e. The van der Waals surface area contributed by atoms with Crippen LogP contribution in [0.3, 0.4) is 0 Å². The summed E-state index contributed by atoms with van der Waals surface area (Å²) in [6.45, 7) is 17.1. The maximum Gasteiger partial charge on any atom is 0.224 e. The normalized spacial score (nSPS) is 16.1. The van der Waals surface area contributed by atoms with Crippen LogP contribution in [0.4, 0.5) is 5.69 Å². The second kappa shape index (κ2) is 20.1. The van der Waals surface area contributed by atoms with Gasteiger partial charge >= 0.3 is 0 Å². The summed E-state index contributed by atoms with van der Waals surface area (Å²) in [4.78, 5) is 19.2. The van der Waals surface area contributed by atoms with E-state index in [1.54, 1.807) is 6.92 Å². The number of aliphatic imine (C=N–C) groups is 1. The van der Waals surface area contributed by atoms with E-state index in [4.69, 9.17) is 4.74 Å². The van der Waals surface area contributed by atoms with E-state index < -0.39 is 0 Å². The molecule has 1 aliphatic rings. The highest BCUT2D eigenvalue weighted by Crippen LogP contribution is 2.34. The van der Waals surface area contributed by atoms with E-state index in [0.717, 1.165) is 43.0 Å². The summed E-state index contributed by atoms with van der Waals surface area (Å²) in [5.74, 6) is 1.01. The van der Waals surface area contributed by atoms with E-state index in [1.165, 1.54) is 87.3 Å². The second-order valence-electron chi connectivity index (χ2n) is 14.8. The first-order valence-corrected chi connectivity index (χ1v) is 17.8. The van der Waals surface area contributed by atoms with Crippen LogP contribution in [-0.2, 0) is 23.2 Å². The molecule has 0 bridgehead atoms. The summed E-state index contributed by atoms with van der Waals surface area (Å²) in [7, 11) is 0. The van der Waals surface area contributed by atoms with Crippen molar-refractivity contribution in [3.8, 4) is 5.75 Å². The topological polar surface area (TPSA) is 41.9 Å². The third kappa shape index (κ3) is 13.8. The van der Waals surface area contributed by atoms with Crippen LogP contribution in [0.2, 0.25) is 0 Å². The summed E-state index contributed by atoms with van der Waals surface area (Å²) < 4.78 is 6.34. The van der Waals surface area contributed by atoms with Gasteiger partial charge in [-0.05, 0) is 71.7 Å². The molecule has 0 radical (unpaired) electrons. The van der Waals surface area contributed by atoms with Crippen molar-refractivity contribution in [2.45, 2.75) is 144 Å². The SMILES string of the molecule is Br.CCCCCCCCCCCCCCOc1ccc(CN(C(C)=O)c2ccc(CC3(C)C=C(C)C=NC3)cc2)cc1C(C)(C)C. The summed E-state index contributed by atoms with van der Waals surface area (Å²) in [6, 6.07) is 15.0. The molecule has 0 aliphatic carbocycles. The average Bonchev–Trinajstić information content (AvgIpc) is 2.98. The highest BCUT2D eigenvalue weighted by Gasteiger charge is 2.25. The predicted octanol–water partition coefficient (Wildman–Crippen LogP) is 11.8. The lowest BCUT2D eigenvalue weighted by molar-refractivity contribution is -0.116. The van der Waals surface area contributed by atoms with Crippen LogP contribution in [0.1, 0.15) is 142 Å². The Morgan fingerprint density at radius 2 is 1.43 bits per heavy atom. The molecule has 1 unspecified atom stereocenters. The summed E-state index contributed by atoms with van der Waals surface area (Å²) >= 11 is 0. The van der Waals surface area contributed by atoms with Crippen molar-refractivity contribution in [1.29, 1.82) is 0 Å². The maximum atomic E-state index is 12.8. The Kier molecular flexibility index (Phi) is 17.4. The molecule has 1 heterocycles. The maximum absolute atomic E-state index is 12.8. The molecule has 1 atom stereocenters. The number of carbonyl (C=O) groups excluding carboxylic acids is 1. The van der Waals surface area contributed by atoms with Crippen LogP contribution in [0, 0.1) is 5.41 Å². The molecule has 0 aromatic heterocycles. The summed E-state index contributed by atoms with van der Waals surface area (Å²) in [5.41, 5.74) is 5.69. The first-order valence-electron chi connectivity index (χ1n) is 17.8. The van der Waals surface area contributed by atoms with Crippen LogP contribution >= 0.6 is 17.0 Å². The lowest BCUT2D eigenvalue weighted by Crippen LogP contribution is -2.28. The smallest absolute Gasteiger partial charge is 0.224 e. The Hall–Kier alpha value is -2.40. The third-order valence-corrected chi connectivity index (χ3v) is 9.01. The van der Waals surface area contributed by atoms with Gasteiger partial charge in [-0.25, -0.2) is 0 Å². The third-order valence-electron chi connectivity index (χ3n) is 9.01. The molecule has 1 amide bonds. The second-order valence-corrected chi connectivity index (χ2v) is 14.8. The van der Waals surface area contributed by atoms with Crippen LogP contribution in [0.25, 0.3) is 0 Å². The van der Waals surface area contributed by atoms with Gasteiger partial charge in [-0.3, -0.25) is 9.79 Å². The van der Waals surface area contributed by atoms with E-state index >= 15 is 0 Å². The molecular weight excluding hydrogens is 632 g/mol. The molecule has 256 valence electrons. The number of rotatable bonds is 19. The standard InChI is InChI=1S/C41H62N2O2.BrH/c1-8-9-10-11-12-13-14-15-16-17-18-19-26-45-39-25-22-36(27-38(39)40(4,5)6)31-43(34(3)44)37-23-20-35(21-24-37)29-41(7)28-33(2)30-42-32-41;/h20-25,27-28,30H,8-19,26,29,31-32H2,1-7H3;1H. The molecule has 0 N–H and O–H groups in total. The van der Waals surface area contributed by atoms with Crippen molar-refractivity contribution in [3.63, 3.8) is 0 Å². The monoisotopic (exact) mass is 694 g/mol. The Bertz CT molecular complexity index is 1240. The average molecular weight is 696 g/mol. The number of anilines is 1. The molecule has 5 heteroatoms. The lowest BCUT2D eigenvalue weighted by Gasteiger charge is -2.28. The number of unbranched alkanes of at least 4 members (excludes halogenated alkanes) is 11. The number of halogens is 1. The van der Waals surface area contributed by atoms with Gasteiger partial charge in [-0.15, -0.1) is 17.0 Å². The van der Waals surface area contributed by atoms with Crippen molar-refractivity contribution in [2.75, 3.05) is 18.1 Å². The molecule has 0 spiro atoms. The van der Waals surface area contributed by atoms with Gasteiger partial charge in [-0.1, -0.05) is 130 Å².